The monoisotopic (exact) mass is 453 g/mol. The summed E-state index contributed by atoms with van der Waals surface area (Å²) >= 11 is 0. The van der Waals surface area contributed by atoms with E-state index in [4.69, 9.17) is 4.74 Å². The first-order valence-electron chi connectivity index (χ1n) is 12.1. The van der Waals surface area contributed by atoms with E-state index in [1.165, 1.54) is 11.3 Å². The van der Waals surface area contributed by atoms with Gasteiger partial charge in [-0.1, -0.05) is 32.1 Å². The van der Waals surface area contributed by atoms with Gasteiger partial charge in [0.25, 0.3) is 5.91 Å². The number of aliphatic hydroxyl groups excluding tert-OH is 1. The van der Waals surface area contributed by atoms with Crippen LogP contribution in [0.25, 0.3) is 0 Å². The van der Waals surface area contributed by atoms with Crippen molar-refractivity contribution in [1.29, 1.82) is 0 Å². The molecule has 3 amide bonds. The fraction of sp³-hybridized carbons (Fsp3) is 0.875. The van der Waals surface area contributed by atoms with Crippen LogP contribution in [0.2, 0.25) is 0 Å². The SMILES string of the molecule is CC(C)(C)NC(=O)[C@@H]1CCCN1C(=O)C(O)[C@H](CC1CCCCC1)NC(=O)OC(C)(C)C. The van der Waals surface area contributed by atoms with Gasteiger partial charge >= 0.3 is 6.09 Å². The summed E-state index contributed by atoms with van der Waals surface area (Å²) in [5.41, 5.74) is -1.09. The first-order valence-corrected chi connectivity index (χ1v) is 12.1. The molecule has 0 aromatic rings. The van der Waals surface area contributed by atoms with Gasteiger partial charge in [-0.2, -0.15) is 0 Å². The van der Waals surface area contributed by atoms with Gasteiger partial charge in [0.15, 0.2) is 6.10 Å². The summed E-state index contributed by atoms with van der Waals surface area (Å²) in [7, 11) is 0. The van der Waals surface area contributed by atoms with Crippen molar-refractivity contribution in [2.45, 2.75) is 122 Å². The van der Waals surface area contributed by atoms with Crippen LogP contribution in [0.15, 0.2) is 0 Å². The van der Waals surface area contributed by atoms with Crippen LogP contribution < -0.4 is 10.6 Å². The summed E-state index contributed by atoms with van der Waals surface area (Å²) in [5.74, 6) is -0.377. The fourth-order valence-electron chi connectivity index (χ4n) is 4.61. The molecule has 1 saturated heterocycles. The number of rotatable bonds is 6. The van der Waals surface area contributed by atoms with Gasteiger partial charge in [0.1, 0.15) is 11.6 Å². The second kappa shape index (κ2) is 10.9. The number of amides is 3. The van der Waals surface area contributed by atoms with Crippen LogP contribution in [0.5, 0.6) is 0 Å². The van der Waals surface area contributed by atoms with Crippen molar-refractivity contribution in [3.63, 3.8) is 0 Å². The number of nitrogens with zero attached hydrogens (tertiary/aromatic N) is 1. The Bertz CT molecular complexity index is 662. The maximum atomic E-state index is 13.3. The number of carbonyl (C=O) groups is 3. The largest absolute Gasteiger partial charge is 0.444 e. The van der Waals surface area contributed by atoms with Gasteiger partial charge < -0.3 is 25.4 Å². The van der Waals surface area contributed by atoms with Crippen LogP contribution >= 0.6 is 0 Å². The Kier molecular flexibility index (Phi) is 8.97. The van der Waals surface area contributed by atoms with E-state index in [1.807, 2.05) is 20.8 Å². The molecule has 1 aliphatic heterocycles. The van der Waals surface area contributed by atoms with Crippen molar-refractivity contribution in [2.24, 2.45) is 5.92 Å². The molecule has 0 spiro atoms. The molecule has 8 nitrogen and oxygen atoms in total. The Labute approximate surface area is 192 Å². The lowest BCUT2D eigenvalue weighted by atomic mass is 9.83. The molecular formula is C24H43N3O5. The number of carbonyl (C=O) groups excluding carboxylic acids is 3. The third kappa shape index (κ3) is 8.26. The van der Waals surface area contributed by atoms with Gasteiger partial charge in [0.05, 0.1) is 6.04 Å². The van der Waals surface area contributed by atoms with Crippen molar-refractivity contribution in [2.75, 3.05) is 6.54 Å². The van der Waals surface area contributed by atoms with E-state index in [0.717, 1.165) is 25.7 Å². The average molecular weight is 454 g/mol. The van der Waals surface area contributed by atoms with Gasteiger partial charge in [0, 0.05) is 12.1 Å². The van der Waals surface area contributed by atoms with E-state index in [2.05, 4.69) is 10.6 Å². The quantitative estimate of drug-likeness (QED) is 0.573. The lowest BCUT2D eigenvalue weighted by molar-refractivity contribution is -0.147. The molecule has 3 N–H and O–H groups in total. The smallest absolute Gasteiger partial charge is 0.407 e. The molecule has 0 bridgehead atoms. The van der Waals surface area contributed by atoms with Crippen LogP contribution in [0.4, 0.5) is 4.79 Å². The molecule has 1 unspecified atom stereocenters. The number of aliphatic hydroxyl groups is 1. The third-order valence-corrected chi connectivity index (χ3v) is 5.99. The fourth-order valence-corrected chi connectivity index (χ4v) is 4.61. The van der Waals surface area contributed by atoms with Gasteiger partial charge in [-0.05, 0) is 66.7 Å². The number of hydrogen-bond acceptors (Lipinski definition) is 5. The zero-order valence-corrected chi connectivity index (χ0v) is 20.7. The van der Waals surface area contributed by atoms with Crippen LogP contribution in [0.1, 0.15) is 92.9 Å². The van der Waals surface area contributed by atoms with E-state index >= 15 is 0 Å². The first kappa shape index (κ1) is 26.4. The summed E-state index contributed by atoms with van der Waals surface area (Å²) in [6.07, 6.45) is 5.19. The Morgan fingerprint density at radius 2 is 1.62 bits per heavy atom. The molecule has 2 fully saturated rings. The summed E-state index contributed by atoms with van der Waals surface area (Å²) in [6, 6.07) is -1.36. The van der Waals surface area contributed by atoms with E-state index < -0.39 is 41.3 Å². The average Bonchev–Trinajstić information content (AvgIpc) is 3.14. The van der Waals surface area contributed by atoms with E-state index in [-0.39, 0.29) is 5.91 Å². The second-order valence-corrected chi connectivity index (χ2v) is 11.4. The number of likely N-dealkylation sites (tertiary alicyclic amines) is 1. The minimum absolute atomic E-state index is 0.209. The van der Waals surface area contributed by atoms with E-state index in [9.17, 15) is 19.5 Å². The molecular weight excluding hydrogens is 410 g/mol. The van der Waals surface area contributed by atoms with E-state index in [1.54, 1.807) is 20.8 Å². The molecule has 1 heterocycles. The number of hydrogen-bond donors (Lipinski definition) is 3. The standard InChI is InChI=1S/C24H43N3O5/c1-23(2,3)26-20(29)18-13-10-14-27(18)21(30)19(28)17(15-16-11-8-7-9-12-16)25-22(31)32-24(4,5)6/h16-19,28H,7-15H2,1-6H3,(H,25,31)(H,26,29)/t17-,18-,19?/m0/s1. The molecule has 1 saturated carbocycles. The second-order valence-electron chi connectivity index (χ2n) is 11.4. The van der Waals surface area contributed by atoms with Gasteiger partial charge in [-0.25, -0.2) is 4.79 Å². The summed E-state index contributed by atoms with van der Waals surface area (Å²) in [5, 5.41) is 16.7. The van der Waals surface area contributed by atoms with Crippen LogP contribution in [-0.4, -0.2) is 63.8 Å². The summed E-state index contributed by atoms with van der Waals surface area (Å²) < 4.78 is 5.38. The van der Waals surface area contributed by atoms with Crippen LogP contribution in [0.3, 0.4) is 0 Å². The van der Waals surface area contributed by atoms with Gasteiger partial charge in [-0.3, -0.25) is 9.59 Å². The number of ether oxygens (including phenoxy) is 1. The highest BCUT2D eigenvalue weighted by Gasteiger charge is 2.41. The van der Waals surface area contributed by atoms with E-state index in [0.29, 0.717) is 31.7 Å². The molecule has 0 aromatic heterocycles. The Balaban J connectivity index is 2.13. The van der Waals surface area contributed by atoms with Gasteiger partial charge in [-0.15, -0.1) is 0 Å². The highest BCUT2D eigenvalue weighted by Crippen LogP contribution is 2.29. The maximum Gasteiger partial charge on any atom is 0.407 e. The summed E-state index contributed by atoms with van der Waals surface area (Å²) in [6.45, 7) is 11.4. The minimum Gasteiger partial charge on any atom is -0.444 e. The molecule has 184 valence electrons. The highest BCUT2D eigenvalue weighted by molar-refractivity contribution is 5.90. The lowest BCUT2D eigenvalue weighted by Gasteiger charge is -2.34. The zero-order valence-electron chi connectivity index (χ0n) is 20.7. The first-order chi connectivity index (χ1) is 14.8. The molecule has 2 rings (SSSR count). The molecule has 8 heteroatoms. The number of nitrogens with one attached hydrogen (secondary N) is 2. The Hall–Kier alpha value is -1.83. The molecule has 2 aliphatic rings. The van der Waals surface area contributed by atoms with Crippen LogP contribution in [-0.2, 0) is 14.3 Å². The van der Waals surface area contributed by atoms with Crippen LogP contribution in [0, 0.1) is 5.92 Å². The minimum atomic E-state index is -1.42. The Morgan fingerprint density at radius 3 is 2.19 bits per heavy atom. The molecule has 1 aliphatic carbocycles. The predicted molar refractivity (Wildman–Crippen MR) is 123 cm³/mol. The maximum absolute atomic E-state index is 13.3. The van der Waals surface area contributed by atoms with Crippen molar-refractivity contribution in [3.8, 4) is 0 Å². The topological polar surface area (TPSA) is 108 Å². The molecule has 32 heavy (non-hydrogen) atoms. The predicted octanol–water partition coefficient (Wildman–Crippen LogP) is 3.12. The van der Waals surface area contributed by atoms with Crippen molar-refractivity contribution in [3.05, 3.63) is 0 Å². The van der Waals surface area contributed by atoms with Crippen molar-refractivity contribution >= 4 is 17.9 Å². The van der Waals surface area contributed by atoms with Gasteiger partial charge in [0.2, 0.25) is 5.91 Å². The lowest BCUT2D eigenvalue weighted by Crippen LogP contribution is -2.57. The zero-order chi connectivity index (χ0) is 24.1. The highest BCUT2D eigenvalue weighted by atomic mass is 16.6. The number of alkyl carbamates (subject to hydrolysis) is 1. The molecule has 0 aromatic carbocycles. The summed E-state index contributed by atoms with van der Waals surface area (Å²) in [4.78, 5) is 39.9. The normalized spacial score (nSPS) is 22.2. The Morgan fingerprint density at radius 1 is 1.00 bits per heavy atom. The van der Waals surface area contributed by atoms with Crippen molar-refractivity contribution < 1.29 is 24.2 Å². The molecule has 0 radical (unpaired) electrons. The molecule has 3 atom stereocenters. The third-order valence-electron chi connectivity index (χ3n) is 5.99. The van der Waals surface area contributed by atoms with Crippen molar-refractivity contribution in [1.82, 2.24) is 15.5 Å².